The number of likely N-dealkylation sites (tertiary alicyclic amines) is 1. The molecule has 0 aliphatic carbocycles. The van der Waals surface area contributed by atoms with Gasteiger partial charge in [0.15, 0.2) is 0 Å². The summed E-state index contributed by atoms with van der Waals surface area (Å²) in [5, 5.41) is 1.82. The van der Waals surface area contributed by atoms with Crippen molar-refractivity contribution in [2.75, 3.05) is 6.54 Å². The molecular weight excluding hydrogens is 308 g/mol. The van der Waals surface area contributed by atoms with E-state index < -0.39 is 0 Å². The van der Waals surface area contributed by atoms with Crippen LogP contribution in [0.25, 0.3) is 11.0 Å². The van der Waals surface area contributed by atoms with E-state index >= 15 is 0 Å². The second-order valence-electron chi connectivity index (χ2n) is 5.73. The first-order chi connectivity index (χ1) is 11.3. The van der Waals surface area contributed by atoms with Crippen molar-refractivity contribution in [2.24, 2.45) is 0 Å². The zero-order valence-corrected chi connectivity index (χ0v) is 13.8. The summed E-state index contributed by atoms with van der Waals surface area (Å²) in [4.78, 5) is 23.7. The Labute approximate surface area is 138 Å². The largest absolute Gasteiger partial charge is 0.327 e. The van der Waals surface area contributed by atoms with Crippen LogP contribution in [0.4, 0.5) is 0 Å². The Bertz CT molecular complexity index is 840. The van der Waals surface area contributed by atoms with Crippen LogP contribution in [-0.2, 0) is 6.54 Å². The molecule has 6 heteroatoms. The molecule has 1 aliphatic heterocycles. The van der Waals surface area contributed by atoms with Crippen LogP contribution >= 0.6 is 11.3 Å². The number of aromatic nitrogens is 3. The number of thiazole rings is 1. The van der Waals surface area contributed by atoms with Crippen LogP contribution in [0.5, 0.6) is 0 Å². The van der Waals surface area contributed by atoms with Gasteiger partial charge in [-0.15, -0.1) is 11.3 Å². The van der Waals surface area contributed by atoms with E-state index in [9.17, 15) is 4.79 Å². The predicted molar refractivity (Wildman–Crippen MR) is 90.5 cm³/mol. The summed E-state index contributed by atoms with van der Waals surface area (Å²) in [6.45, 7) is 3.75. The molecule has 2 aromatic heterocycles. The summed E-state index contributed by atoms with van der Waals surface area (Å²) in [6.07, 6.45) is 1.96. The number of amides is 1. The maximum Gasteiger partial charge on any atom is 0.273 e. The molecule has 1 unspecified atom stereocenters. The lowest BCUT2D eigenvalue weighted by molar-refractivity contribution is 0.0722. The van der Waals surface area contributed by atoms with Crippen molar-refractivity contribution in [3.63, 3.8) is 0 Å². The molecule has 0 saturated carbocycles. The molecule has 3 aromatic rings. The standard InChI is InChI=1S/C17H18N4OS/c1-2-20-14-7-4-3-6-12(14)19-16(20)15-8-5-9-21(15)17(22)13-10-23-11-18-13/h3-4,6-7,10-11,15H,2,5,8-9H2,1H3. The lowest BCUT2D eigenvalue weighted by Gasteiger charge is -2.24. The van der Waals surface area contributed by atoms with E-state index in [0.717, 1.165) is 42.8 Å². The van der Waals surface area contributed by atoms with Crippen molar-refractivity contribution in [3.8, 4) is 0 Å². The van der Waals surface area contributed by atoms with E-state index in [1.807, 2.05) is 28.5 Å². The van der Waals surface area contributed by atoms with E-state index in [-0.39, 0.29) is 11.9 Å². The first kappa shape index (κ1) is 14.4. The molecule has 1 aromatic carbocycles. The first-order valence-electron chi connectivity index (χ1n) is 7.94. The van der Waals surface area contributed by atoms with E-state index in [0.29, 0.717) is 5.69 Å². The first-order valence-corrected chi connectivity index (χ1v) is 8.88. The molecule has 5 nitrogen and oxygen atoms in total. The van der Waals surface area contributed by atoms with Gasteiger partial charge in [0, 0.05) is 18.5 Å². The summed E-state index contributed by atoms with van der Waals surface area (Å²) in [5.41, 5.74) is 4.39. The third-order valence-corrected chi connectivity index (χ3v) is 5.05. The molecule has 1 saturated heterocycles. The molecular formula is C17H18N4OS. The van der Waals surface area contributed by atoms with Crippen LogP contribution in [0.3, 0.4) is 0 Å². The fourth-order valence-electron chi connectivity index (χ4n) is 3.42. The smallest absolute Gasteiger partial charge is 0.273 e. The zero-order valence-electron chi connectivity index (χ0n) is 13.0. The fourth-order valence-corrected chi connectivity index (χ4v) is 3.95. The van der Waals surface area contributed by atoms with Crippen LogP contribution in [-0.4, -0.2) is 31.9 Å². The van der Waals surface area contributed by atoms with E-state index in [4.69, 9.17) is 4.98 Å². The average molecular weight is 326 g/mol. The maximum atomic E-state index is 12.7. The van der Waals surface area contributed by atoms with Gasteiger partial charge in [0.1, 0.15) is 11.5 Å². The normalized spacial score (nSPS) is 18.0. The summed E-state index contributed by atoms with van der Waals surface area (Å²) in [5.74, 6) is 1.01. The summed E-state index contributed by atoms with van der Waals surface area (Å²) < 4.78 is 2.23. The zero-order chi connectivity index (χ0) is 15.8. The molecule has 1 amide bonds. The third kappa shape index (κ3) is 2.34. The molecule has 0 N–H and O–H groups in total. The Morgan fingerprint density at radius 1 is 1.39 bits per heavy atom. The highest BCUT2D eigenvalue weighted by Gasteiger charge is 2.34. The number of para-hydroxylation sites is 2. The van der Waals surface area contributed by atoms with Crippen molar-refractivity contribution in [3.05, 3.63) is 46.7 Å². The highest BCUT2D eigenvalue weighted by Crippen LogP contribution is 2.34. The number of rotatable bonds is 3. The monoisotopic (exact) mass is 326 g/mol. The number of carbonyl (C=O) groups is 1. The van der Waals surface area contributed by atoms with Gasteiger partial charge in [0.05, 0.1) is 22.6 Å². The van der Waals surface area contributed by atoms with Gasteiger partial charge in [-0.25, -0.2) is 9.97 Å². The Balaban J connectivity index is 1.76. The Morgan fingerprint density at radius 3 is 3.04 bits per heavy atom. The van der Waals surface area contributed by atoms with Crippen LogP contribution in [0.1, 0.15) is 42.1 Å². The number of aryl methyl sites for hydroxylation is 1. The number of hydrogen-bond donors (Lipinski definition) is 0. The van der Waals surface area contributed by atoms with Crippen molar-refractivity contribution >= 4 is 28.3 Å². The summed E-state index contributed by atoms with van der Waals surface area (Å²) >= 11 is 1.46. The SMILES string of the molecule is CCn1c(C2CCCN2C(=O)c2cscn2)nc2ccccc21. The van der Waals surface area contributed by atoms with Gasteiger partial charge < -0.3 is 9.47 Å². The predicted octanol–water partition coefficient (Wildman–Crippen LogP) is 3.49. The minimum atomic E-state index is 0.0171. The number of imidazole rings is 1. The van der Waals surface area contributed by atoms with Crippen molar-refractivity contribution < 1.29 is 4.79 Å². The summed E-state index contributed by atoms with van der Waals surface area (Å²) in [6, 6.07) is 8.21. The van der Waals surface area contributed by atoms with E-state index in [1.54, 1.807) is 5.51 Å². The second-order valence-corrected chi connectivity index (χ2v) is 6.45. The van der Waals surface area contributed by atoms with Gasteiger partial charge in [0.2, 0.25) is 0 Å². The maximum absolute atomic E-state index is 12.7. The van der Waals surface area contributed by atoms with Gasteiger partial charge in [-0.1, -0.05) is 12.1 Å². The third-order valence-electron chi connectivity index (χ3n) is 4.46. The summed E-state index contributed by atoms with van der Waals surface area (Å²) in [7, 11) is 0. The number of hydrogen-bond acceptors (Lipinski definition) is 4. The average Bonchev–Trinajstić information content (AvgIpc) is 3.31. The Hall–Kier alpha value is -2.21. The van der Waals surface area contributed by atoms with E-state index in [1.165, 1.54) is 11.3 Å². The Morgan fingerprint density at radius 2 is 2.26 bits per heavy atom. The lowest BCUT2D eigenvalue weighted by atomic mass is 10.2. The minimum Gasteiger partial charge on any atom is -0.327 e. The lowest BCUT2D eigenvalue weighted by Crippen LogP contribution is -2.32. The van der Waals surface area contributed by atoms with Crippen LogP contribution in [0.2, 0.25) is 0 Å². The highest BCUT2D eigenvalue weighted by atomic mass is 32.1. The number of nitrogens with zero attached hydrogens (tertiary/aromatic N) is 4. The quantitative estimate of drug-likeness (QED) is 0.740. The van der Waals surface area contributed by atoms with Gasteiger partial charge in [-0.2, -0.15) is 0 Å². The molecule has 1 fully saturated rings. The molecule has 118 valence electrons. The van der Waals surface area contributed by atoms with Gasteiger partial charge in [0.25, 0.3) is 5.91 Å². The van der Waals surface area contributed by atoms with Gasteiger partial charge in [-0.05, 0) is 31.9 Å². The molecule has 23 heavy (non-hydrogen) atoms. The number of fused-ring (bicyclic) bond motifs is 1. The number of carbonyl (C=O) groups excluding carboxylic acids is 1. The van der Waals surface area contributed by atoms with Crippen molar-refractivity contribution in [1.82, 2.24) is 19.4 Å². The fraction of sp³-hybridized carbons (Fsp3) is 0.353. The van der Waals surface area contributed by atoms with Gasteiger partial charge in [-0.3, -0.25) is 4.79 Å². The molecule has 0 spiro atoms. The van der Waals surface area contributed by atoms with Crippen LogP contribution < -0.4 is 0 Å². The highest BCUT2D eigenvalue weighted by molar-refractivity contribution is 7.07. The second kappa shape index (κ2) is 5.77. The molecule has 1 aliphatic rings. The van der Waals surface area contributed by atoms with Crippen LogP contribution in [0.15, 0.2) is 35.2 Å². The number of benzene rings is 1. The molecule has 0 bridgehead atoms. The van der Waals surface area contributed by atoms with Crippen LogP contribution in [0, 0.1) is 0 Å². The Kier molecular flexibility index (Phi) is 3.61. The molecule has 1 atom stereocenters. The van der Waals surface area contributed by atoms with Crippen molar-refractivity contribution in [2.45, 2.75) is 32.4 Å². The molecule has 4 rings (SSSR count). The topological polar surface area (TPSA) is 51.0 Å². The van der Waals surface area contributed by atoms with E-state index in [2.05, 4.69) is 22.5 Å². The van der Waals surface area contributed by atoms with Gasteiger partial charge >= 0.3 is 0 Å². The van der Waals surface area contributed by atoms with Crippen molar-refractivity contribution in [1.29, 1.82) is 0 Å². The molecule has 3 heterocycles. The minimum absolute atomic E-state index is 0.0171. The molecule has 0 radical (unpaired) electrons.